The Morgan fingerprint density at radius 1 is 1.45 bits per heavy atom. The molecule has 2 rings (SSSR count). The maximum absolute atomic E-state index is 10.9. The zero-order valence-corrected chi connectivity index (χ0v) is 10.9. The highest BCUT2D eigenvalue weighted by atomic mass is 16.1. The zero-order chi connectivity index (χ0) is 14.5. The number of nitrogen functional groups attached to an aromatic ring is 1. The number of rotatable bonds is 4. The van der Waals surface area contributed by atoms with Crippen molar-refractivity contribution in [1.82, 2.24) is 10.2 Å². The minimum atomic E-state index is -0.110. The van der Waals surface area contributed by atoms with Crippen molar-refractivity contribution in [2.45, 2.75) is 13.5 Å². The van der Waals surface area contributed by atoms with Crippen LogP contribution >= 0.6 is 0 Å². The molecule has 0 unspecified atom stereocenters. The molecule has 1 amide bonds. The first kappa shape index (κ1) is 13.4. The second kappa shape index (κ2) is 5.75. The molecular formula is C13H14N6O. The predicted molar refractivity (Wildman–Crippen MR) is 75.8 cm³/mol. The van der Waals surface area contributed by atoms with E-state index in [1.54, 1.807) is 0 Å². The molecule has 2 aromatic rings. The minimum Gasteiger partial charge on any atom is -0.383 e. The minimum absolute atomic E-state index is 0.110. The first-order chi connectivity index (χ1) is 9.60. The van der Waals surface area contributed by atoms with Gasteiger partial charge in [0.2, 0.25) is 5.91 Å². The molecule has 0 spiro atoms. The number of aromatic amines is 1. The molecule has 0 aliphatic carbocycles. The number of benzene rings is 1. The van der Waals surface area contributed by atoms with Crippen molar-refractivity contribution < 1.29 is 4.79 Å². The van der Waals surface area contributed by atoms with E-state index in [0.29, 0.717) is 17.9 Å². The molecule has 102 valence electrons. The topological polar surface area (TPSA) is 120 Å². The summed E-state index contributed by atoms with van der Waals surface area (Å²) >= 11 is 0. The smallest absolute Gasteiger partial charge is 0.221 e. The fourth-order valence-corrected chi connectivity index (χ4v) is 1.69. The van der Waals surface area contributed by atoms with Crippen LogP contribution in [-0.2, 0) is 11.3 Å². The highest BCUT2D eigenvalue weighted by molar-refractivity contribution is 5.88. The molecule has 0 radical (unpaired) electrons. The van der Waals surface area contributed by atoms with Gasteiger partial charge in [0.15, 0.2) is 5.82 Å². The highest BCUT2D eigenvalue weighted by Gasteiger charge is 2.09. The number of hydrogen-bond acceptors (Lipinski definition) is 5. The van der Waals surface area contributed by atoms with Crippen LogP contribution in [0.15, 0.2) is 24.3 Å². The maximum atomic E-state index is 10.9. The van der Waals surface area contributed by atoms with Gasteiger partial charge in [0, 0.05) is 19.2 Å². The van der Waals surface area contributed by atoms with Crippen LogP contribution in [0, 0.1) is 11.3 Å². The summed E-state index contributed by atoms with van der Waals surface area (Å²) in [5.41, 5.74) is 7.60. The molecule has 5 N–H and O–H groups in total. The number of anilines is 3. The number of carbonyl (C=O) groups is 1. The van der Waals surface area contributed by atoms with Crippen LogP contribution in [0.5, 0.6) is 0 Å². The molecule has 0 atom stereocenters. The van der Waals surface area contributed by atoms with Crippen LogP contribution in [0.3, 0.4) is 0 Å². The van der Waals surface area contributed by atoms with E-state index >= 15 is 0 Å². The Morgan fingerprint density at radius 3 is 2.75 bits per heavy atom. The number of hydrogen-bond donors (Lipinski definition) is 4. The predicted octanol–water partition coefficient (Wildman–Crippen LogP) is 1.43. The standard InChI is InChI=1S/C13H14N6O/c1-8(20)17-10-4-2-9(3-5-10)7-16-13-11(6-14)12(15)18-19-13/h2-5H,7H2,1H3,(H,17,20)(H4,15,16,18,19). The Labute approximate surface area is 115 Å². The second-order valence-electron chi connectivity index (χ2n) is 4.20. The Bertz CT molecular complexity index is 652. The molecule has 7 nitrogen and oxygen atoms in total. The fourth-order valence-electron chi connectivity index (χ4n) is 1.69. The number of carbonyl (C=O) groups excluding carboxylic acids is 1. The van der Waals surface area contributed by atoms with Crippen molar-refractivity contribution in [3.05, 3.63) is 35.4 Å². The van der Waals surface area contributed by atoms with E-state index < -0.39 is 0 Å². The Kier molecular flexibility index (Phi) is 3.86. The van der Waals surface area contributed by atoms with E-state index in [4.69, 9.17) is 11.0 Å². The van der Waals surface area contributed by atoms with Crippen molar-refractivity contribution >= 4 is 23.2 Å². The lowest BCUT2D eigenvalue weighted by Gasteiger charge is -2.06. The number of nitrogens with zero attached hydrogens (tertiary/aromatic N) is 2. The van der Waals surface area contributed by atoms with E-state index in [-0.39, 0.29) is 11.7 Å². The molecule has 20 heavy (non-hydrogen) atoms. The molecule has 0 bridgehead atoms. The van der Waals surface area contributed by atoms with Crippen molar-refractivity contribution in [3.8, 4) is 6.07 Å². The van der Waals surface area contributed by atoms with Gasteiger partial charge in [-0.1, -0.05) is 12.1 Å². The molecular weight excluding hydrogens is 256 g/mol. The fraction of sp³-hybridized carbons (Fsp3) is 0.154. The number of H-pyrrole nitrogens is 1. The van der Waals surface area contributed by atoms with E-state index in [1.165, 1.54) is 6.92 Å². The van der Waals surface area contributed by atoms with Gasteiger partial charge in [-0.3, -0.25) is 9.89 Å². The number of aromatic nitrogens is 2. The van der Waals surface area contributed by atoms with Crippen LogP contribution < -0.4 is 16.4 Å². The van der Waals surface area contributed by atoms with Gasteiger partial charge in [-0.25, -0.2) is 0 Å². The molecule has 1 aromatic heterocycles. The van der Waals surface area contributed by atoms with Crippen LogP contribution in [0.1, 0.15) is 18.1 Å². The lowest BCUT2D eigenvalue weighted by molar-refractivity contribution is -0.114. The van der Waals surface area contributed by atoms with E-state index in [0.717, 1.165) is 11.3 Å². The van der Waals surface area contributed by atoms with Gasteiger partial charge in [0.05, 0.1) is 0 Å². The third-order valence-electron chi connectivity index (χ3n) is 2.64. The Balaban J connectivity index is 2.00. The van der Waals surface area contributed by atoms with Gasteiger partial charge >= 0.3 is 0 Å². The zero-order valence-electron chi connectivity index (χ0n) is 10.9. The number of nitrogens with one attached hydrogen (secondary N) is 3. The molecule has 1 aromatic carbocycles. The lowest BCUT2D eigenvalue weighted by atomic mass is 10.2. The Hall–Kier alpha value is -3.01. The summed E-state index contributed by atoms with van der Waals surface area (Å²) < 4.78 is 0. The van der Waals surface area contributed by atoms with E-state index in [9.17, 15) is 4.79 Å². The average Bonchev–Trinajstić information content (AvgIpc) is 2.77. The number of amides is 1. The molecule has 0 aliphatic rings. The van der Waals surface area contributed by atoms with Gasteiger partial charge < -0.3 is 16.4 Å². The molecule has 0 saturated carbocycles. The summed E-state index contributed by atoms with van der Waals surface area (Å²) in [5.74, 6) is 0.563. The molecule has 1 heterocycles. The third kappa shape index (κ3) is 3.05. The van der Waals surface area contributed by atoms with Gasteiger partial charge in [-0.2, -0.15) is 10.4 Å². The van der Waals surface area contributed by atoms with Crippen LogP contribution in [0.4, 0.5) is 17.3 Å². The molecule has 7 heteroatoms. The average molecular weight is 270 g/mol. The first-order valence-electron chi connectivity index (χ1n) is 5.94. The summed E-state index contributed by atoms with van der Waals surface area (Å²) in [6.07, 6.45) is 0. The Morgan fingerprint density at radius 2 is 2.15 bits per heavy atom. The molecule has 0 saturated heterocycles. The summed E-state index contributed by atoms with van der Waals surface area (Å²) in [6, 6.07) is 9.35. The van der Waals surface area contributed by atoms with E-state index in [2.05, 4.69) is 20.8 Å². The van der Waals surface area contributed by atoms with Crippen molar-refractivity contribution in [2.75, 3.05) is 16.4 Å². The third-order valence-corrected chi connectivity index (χ3v) is 2.64. The van der Waals surface area contributed by atoms with Crippen molar-refractivity contribution in [1.29, 1.82) is 5.26 Å². The van der Waals surface area contributed by atoms with Gasteiger partial charge in [-0.15, -0.1) is 0 Å². The van der Waals surface area contributed by atoms with Gasteiger partial charge in [0.1, 0.15) is 17.5 Å². The number of nitrogens with two attached hydrogens (primary N) is 1. The lowest BCUT2D eigenvalue weighted by Crippen LogP contribution is -2.06. The van der Waals surface area contributed by atoms with Crippen LogP contribution in [-0.4, -0.2) is 16.1 Å². The number of nitriles is 1. The molecule has 0 fully saturated rings. The quantitative estimate of drug-likeness (QED) is 0.670. The summed E-state index contributed by atoms with van der Waals surface area (Å²) in [5, 5.41) is 21.1. The normalized spacial score (nSPS) is 9.80. The highest BCUT2D eigenvalue weighted by Crippen LogP contribution is 2.18. The monoisotopic (exact) mass is 270 g/mol. The summed E-state index contributed by atoms with van der Waals surface area (Å²) in [4.78, 5) is 10.9. The summed E-state index contributed by atoms with van der Waals surface area (Å²) in [6.45, 7) is 1.96. The van der Waals surface area contributed by atoms with Crippen molar-refractivity contribution in [3.63, 3.8) is 0 Å². The SMILES string of the molecule is CC(=O)Nc1ccc(CNc2n[nH]c(N)c2C#N)cc1. The van der Waals surface area contributed by atoms with Crippen LogP contribution in [0.2, 0.25) is 0 Å². The largest absolute Gasteiger partial charge is 0.383 e. The van der Waals surface area contributed by atoms with Gasteiger partial charge in [-0.05, 0) is 17.7 Å². The molecule has 0 aliphatic heterocycles. The summed E-state index contributed by atoms with van der Waals surface area (Å²) in [7, 11) is 0. The van der Waals surface area contributed by atoms with Gasteiger partial charge in [0.25, 0.3) is 0 Å². The van der Waals surface area contributed by atoms with Crippen LogP contribution in [0.25, 0.3) is 0 Å². The van der Waals surface area contributed by atoms with Crippen molar-refractivity contribution in [2.24, 2.45) is 0 Å². The van der Waals surface area contributed by atoms with E-state index in [1.807, 2.05) is 30.3 Å². The maximum Gasteiger partial charge on any atom is 0.221 e. The second-order valence-corrected chi connectivity index (χ2v) is 4.20. The first-order valence-corrected chi connectivity index (χ1v) is 5.94.